The number of anilines is 3. The van der Waals surface area contributed by atoms with Crippen LogP contribution < -0.4 is 19.9 Å². The van der Waals surface area contributed by atoms with Gasteiger partial charge in [-0.1, -0.05) is 32.9 Å². The summed E-state index contributed by atoms with van der Waals surface area (Å²) in [5.74, 6) is 0.117. The molecule has 236 valence electrons. The molecule has 44 heavy (non-hydrogen) atoms. The number of hydrogen-bond donors (Lipinski definition) is 1. The average Bonchev–Trinajstić information content (AvgIpc) is 3.59. The minimum absolute atomic E-state index is 0.165. The molecule has 2 bridgehead atoms. The highest BCUT2D eigenvalue weighted by molar-refractivity contribution is 6.04. The van der Waals surface area contributed by atoms with Gasteiger partial charge in [-0.15, -0.1) is 0 Å². The molecule has 2 saturated heterocycles. The van der Waals surface area contributed by atoms with Crippen LogP contribution in [0, 0.1) is 0 Å². The highest BCUT2D eigenvalue weighted by Gasteiger charge is 2.41. The van der Waals surface area contributed by atoms with Crippen LogP contribution in [-0.4, -0.2) is 65.2 Å². The van der Waals surface area contributed by atoms with Crippen molar-refractivity contribution in [2.24, 2.45) is 0 Å². The number of rotatable bonds is 6. The first-order valence-electron chi connectivity index (χ1n) is 14.8. The summed E-state index contributed by atoms with van der Waals surface area (Å²) in [5, 5.41) is 2.80. The molecule has 6 rings (SSSR count). The Balaban J connectivity index is 0.00000188. The Morgan fingerprint density at radius 1 is 1.18 bits per heavy atom. The van der Waals surface area contributed by atoms with E-state index in [0.29, 0.717) is 36.6 Å². The van der Waals surface area contributed by atoms with E-state index < -0.39 is 23.6 Å². The first-order chi connectivity index (χ1) is 21.0. The van der Waals surface area contributed by atoms with Crippen molar-refractivity contribution < 1.29 is 32.2 Å². The topological polar surface area (TPSA) is 102 Å². The number of benzene rings is 1. The SMILES string of the molecule is CC.CCc1cc2c(nc1-c1cccc(C(F)(F)F)c1)N(C(=O)Nc1cncc(OCC3COC(C)(C)O3)n1)C1CCN2C1. The number of ether oxygens (including phenoxy) is 3. The van der Waals surface area contributed by atoms with E-state index in [9.17, 15) is 18.0 Å². The van der Waals surface area contributed by atoms with E-state index >= 15 is 0 Å². The molecule has 2 aromatic heterocycles. The molecule has 0 saturated carbocycles. The summed E-state index contributed by atoms with van der Waals surface area (Å²) < 4.78 is 57.5. The molecule has 13 heteroatoms. The van der Waals surface area contributed by atoms with Crippen LogP contribution in [0.25, 0.3) is 11.3 Å². The molecule has 1 aromatic carbocycles. The largest absolute Gasteiger partial charge is 0.474 e. The van der Waals surface area contributed by atoms with E-state index in [1.807, 2.05) is 40.7 Å². The van der Waals surface area contributed by atoms with E-state index in [2.05, 4.69) is 20.2 Å². The van der Waals surface area contributed by atoms with Crippen LogP contribution in [0.3, 0.4) is 0 Å². The van der Waals surface area contributed by atoms with Gasteiger partial charge in [-0.05, 0) is 50.5 Å². The number of carbonyl (C=O) groups excluding carboxylic acids is 1. The third kappa shape index (κ3) is 6.58. The molecule has 2 amide bonds. The van der Waals surface area contributed by atoms with Gasteiger partial charge in [0.05, 0.1) is 42.0 Å². The van der Waals surface area contributed by atoms with Gasteiger partial charge in [-0.3, -0.25) is 15.2 Å². The first kappa shape index (κ1) is 31.5. The second-order valence-electron chi connectivity index (χ2n) is 11.0. The average molecular weight is 615 g/mol. The van der Waals surface area contributed by atoms with Crippen LogP contribution in [0.2, 0.25) is 0 Å². The summed E-state index contributed by atoms with van der Waals surface area (Å²) in [6, 6.07) is 6.42. The number of amides is 2. The molecule has 5 heterocycles. The highest BCUT2D eigenvalue weighted by atomic mass is 19.4. The molecule has 0 spiro atoms. The zero-order valence-electron chi connectivity index (χ0n) is 25.4. The predicted molar refractivity (Wildman–Crippen MR) is 160 cm³/mol. The Morgan fingerprint density at radius 3 is 2.68 bits per heavy atom. The summed E-state index contributed by atoms with van der Waals surface area (Å²) in [7, 11) is 0. The molecular formula is C31H37F3N6O4. The van der Waals surface area contributed by atoms with E-state index in [4.69, 9.17) is 19.2 Å². The molecule has 3 aliphatic rings. The van der Waals surface area contributed by atoms with Crippen molar-refractivity contribution in [3.05, 3.63) is 53.9 Å². The van der Waals surface area contributed by atoms with E-state index in [1.165, 1.54) is 18.5 Å². The van der Waals surface area contributed by atoms with Gasteiger partial charge in [0.2, 0.25) is 5.88 Å². The van der Waals surface area contributed by atoms with Gasteiger partial charge >= 0.3 is 12.2 Å². The monoisotopic (exact) mass is 614 g/mol. The maximum Gasteiger partial charge on any atom is 0.416 e. The van der Waals surface area contributed by atoms with Crippen molar-refractivity contribution in [2.75, 3.05) is 41.4 Å². The normalized spacial score (nSPS) is 20.1. The number of carbonyl (C=O) groups is 1. The van der Waals surface area contributed by atoms with E-state index in [1.54, 1.807) is 11.0 Å². The minimum atomic E-state index is -4.49. The minimum Gasteiger partial charge on any atom is -0.474 e. The Bertz CT molecular complexity index is 1500. The van der Waals surface area contributed by atoms with Gasteiger partial charge in [0.15, 0.2) is 17.4 Å². The smallest absolute Gasteiger partial charge is 0.416 e. The van der Waals surface area contributed by atoms with Crippen LogP contribution in [0.1, 0.15) is 52.2 Å². The number of hydrogen-bond acceptors (Lipinski definition) is 8. The van der Waals surface area contributed by atoms with Crippen LogP contribution in [0.15, 0.2) is 42.7 Å². The van der Waals surface area contributed by atoms with Gasteiger partial charge in [0.25, 0.3) is 0 Å². The van der Waals surface area contributed by atoms with Gasteiger partial charge in [0, 0.05) is 18.7 Å². The van der Waals surface area contributed by atoms with Gasteiger partial charge in [-0.25, -0.2) is 9.78 Å². The van der Waals surface area contributed by atoms with Crippen LogP contribution in [0.5, 0.6) is 5.88 Å². The zero-order valence-corrected chi connectivity index (χ0v) is 25.4. The second kappa shape index (κ2) is 12.6. The lowest BCUT2D eigenvalue weighted by atomic mass is 10.00. The van der Waals surface area contributed by atoms with Crippen molar-refractivity contribution in [1.29, 1.82) is 0 Å². The summed E-state index contributed by atoms with van der Waals surface area (Å²) in [6.07, 6.45) is -0.610. The Kier molecular flexibility index (Phi) is 8.98. The molecule has 3 aromatic rings. The fourth-order valence-corrected chi connectivity index (χ4v) is 5.58. The van der Waals surface area contributed by atoms with Crippen molar-refractivity contribution in [3.63, 3.8) is 0 Å². The maximum absolute atomic E-state index is 13.7. The Hall–Kier alpha value is -3.97. The summed E-state index contributed by atoms with van der Waals surface area (Å²) in [4.78, 5) is 30.8. The highest BCUT2D eigenvalue weighted by Crippen LogP contribution is 2.42. The predicted octanol–water partition coefficient (Wildman–Crippen LogP) is 6.31. The number of fused-ring (bicyclic) bond motifs is 4. The summed E-state index contributed by atoms with van der Waals surface area (Å²) in [5.41, 5.74) is 1.58. The van der Waals surface area contributed by atoms with Gasteiger partial charge in [0.1, 0.15) is 12.7 Å². The molecule has 2 atom stereocenters. The zero-order chi connectivity index (χ0) is 31.6. The number of aromatic nitrogens is 3. The maximum atomic E-state index is 13.7. The lowest BCUT2D eigenvalue weighted by molar-refractivity contribution is -0.141. The summed E-state index contributed by atoms with van der Waals surface area (Å²) >= 11 is 0. The fraction of sp³-hybridized carbons (Fsp3) is 0.484. The van der Waals surface area contributed by atoms with Crippen molar-refractivity contribution in [3.8, 4) is 17.1 Å². The number of aryl methyl sites for hydroxylation is 1. The molecule has 10 nitrogen and oxygen atoms in total. The number of pyridine rings is 1. The van der Waals surface area contributed by atoms with Gasteiger partial charge in [-0.2, -0.15) is 18.2 Å². The van der Waals surface area contributed by atoms with Crippen LogP contribution >= 0.6 is 0 Å². The summed E-state index contributed by atoms with van der Waals surface area (Å²) in [6.45, 7) is 11.5. The number of nitrogens with zero attached hydrogens (tertiary/aromatic N) is 5. The quantitative estimate of drug-likeness (QED) is 0.345. The molecule has 2 fully saturated rings. The van der Waals surface area contributed by atoms with Crippen molar-refractivity contribution >= 4 is 23.4 Å². The molecule has 1 N–H and O–H groups in total. The Labute approximate surface area is 254 Å². The lowest BCUT2D eigenvalue weighted by Crippen LogP contribution is -2.48. The van der Waals surface area contributed by atoms with Crippen molar-refractivity contribution in [1.82, 2.24) is 15.0 Å². The van der Waals surface area contributed by atoms with Crippen LogP contribution in [0.4, 0.5) is 35.3 Å². The third-order valence-electron chi connectivity index (χ3n) is 7.55. The number of alkyl halides is 3. The fourth-order valence-electron chi connectivity index (χ4n) is 5.58. The molecule has 0 aliphatic carbocycles. The van der Waals surface area contributed by atoms with Crippen molar-refractivity contribution in [2.45, 2.75) is 71.6 Å². The molecule has 0 radical (unpaired) electrons. The molecule has 3 aliphatic heterocycles. The first-order valence-corrected chi connectivity index (χ1v) is 14.8. The van der Waals surface area contributed by atoms with Crippen LogP contribution in [-0.2, 0) is 22.1 Å². The van der Waals surface area contributed by atoms with Gasteiger partial charge < -0.3 is 19.1 Å². The number of nitrogens with one attached hydrogen (secondary N) is 1. The molecule has 2 unspecified atom stereocenters. The van der Waals surface area contributed by atoms with E-state index in [0.717, 1.165) is 36.3 Å². The number of halogens is 3. The lowest BCUT2D eigenvalue weighted by Gasteiger charge is -2.36. The molecular weight excluding hydrogens is 577 g/mol. The Morgan fingerprint density at radius 2 is 1.98 bits per heavy atom. The number of urea groups is 1. The second-order valence-corrected chi connectivity index (χ2v) is 11.0. The van der Waals surface area contributed by atoms with E-state index in [-0.39, 0.29) is 30.5 Å². The third-order valence-corrected chi connectivity index (χ3v) is 7.55. The standard InChI is InChI=1S/C29H31F3N6O4.C2H6/c1-4-17-11-22-26(36-25(17)18-6-5-7-19(10-18)29(30,31)32)38(20-8-9-37(22)14-20)27(39)35-23-12-33-13-24(34-23)40-15-21-16-41-28(2,3)42-21;1-2/h5-7,10-13,20-21H,4,8-9,14-16H2,1-3H3,(H,34,35,39);1-2H3.